The van der Waals surface area contributed by atoms with Crippen molar-refractivity contribution < 1.29 is 5.11 Å². The van der Waals surface area contributed by atoms with Crippen molar-refractivity contribution in [1.82, 2.24) is 10.2 Å². The number of nitrogens with one attached hydrogen (secondary N) is 1. The van der Waals surface area contributed by atoms with Crippen LogP contribution in [0.2, 0.25) is 13.3 Å². The summed E-state index contributed by atoms with van der Waals surface area (Å²) in [5.41, 5.74) is 0.219. The average molecular weight is 443 g/mol. The van der Waals surface area contributed by atoms with Crippen molar-refractivity contribution in [2.75, 3.05) is 0 Å². The summed E-state index contributed by atoms with van der Waals surface area (Å²) in [5, 5.41) is 18.9. The molecular weight excluding hydrogens is 403 g/mol. The first-order chi connectivity index (χ1) is 11.5. The van der Waals surface area contributed by atoms with Gasteiger partial charge in [0.15, 0.2) is 0 Å². The van der Waals surface area contributed by atoms with Gasteiger partial charge in [0.1, 0.15) is 0 Å². The third-order valence-corrected chi connectivity index (χ3v) is 20.9. The summed E-state index contributed by atoms with van der Waals surface area (Å²) in [6.45, 7) is 11.0. The van der Waals surface area contributed by atoms with Crippen LogP contribution in [0.4, 0.5) is 0 Å². The Morgan fingerprint density at radius 3 is 1.75 bits per heavy atom. The van der Waals surface area contributed by atoms with Crippen molar-refractivity contribution >= 4 is 22.1 Å². The third-order valence-electron chi connectivity index (χ3n) is 5.82. The van der Waals surface area contributed by atoms with Crippen LogP contribution in [0.1, 0.15) is 91.7 Å². The molecule has 0 atom stereocenters. The molecule has 0 bridgehead atoms. The van der Waals surface area contributed by atoms with E-state index in [0.29, 0.717) is 0 Å². The van der Waals surface area contributed by atoms with E-state index in [1.807, 2.05) is 0 Å². The van der Waals surface area contributed by atoms with E-state index in [4.69, 9.17) is 5.10 Å². The second-order valence-corrected chi connectivity index (χ2v) is 20.5. The summed E-state index contributed by atoms with van der Waals surface area (Å²) in [4.78, 5) is 0. The Bertz CT molecular complexity index is 432. The summed E-state index contributed by atoms with van der Waals surface area (Å²) < 4.78 is 5.67. The molecule has 0 aliphatic heterocycles. The summed E-state index contributed by atoms with van der Waals surface area (Å²) in [7, 11) is 0. The van der Waals surface area contributed by atoms with E-state index in [1.54, 1.807) is 0 Å². The van der Waals surface area contributed by atoms with Gasteiger partial charge in [0.2, 0.25) is 0 Å². The van der Waals surface area contributed by atoms with E-state index in [1.165, 1.54) is 55.5 Å². The quantitative estimate of drug-likeness (QED) is 0.397. The molecule has 1 heterocycles. The Hall–Kier alpha value is -0.0313. The van der Waals surface area contributed by atoms with Gasteiger partial charge in [-0.2, -0.15) is 0 Å². The zero-order valence-corrected chi connectivity index (χ0v) is 19.6. The fourth-order valence-corrected chi connectivity index (χ4v) is 19.0. The fraction of sp³-hybridized carbons (Fsp3) is 0.850. The van der Waals surface area contributed by atoms with Crippen LogP contribution in [0.15, 0.2) is 6.07 Å². The van der Waals surface area contributed by atoms with Crippen LogP contribution >= 0.6 is 0 Å². The molecule has 24 heavy (non-hydrogen) atoms. The number of nitrogens with zero attached hydrogens (tertiary/aromatic N) is 1. The Morgan fingerprint density at radius 2 is 1.38 bits per heavy atom. The zero-order chi connectivity index (χ0) is 18.1. The molecule has 0 fully saturated rings. The van der Waals surface area contributed by atoms with Crippen molar-refractivity contribution in [2.24, 2.45) is 0 Å². The molecule has 2 N–H and O–H groups in total. The van der Waals surface area contributed by atoms with Crippen LogP contribution in [0.5, 0.6) is 0 Å². The van der Waals surface area contributed by atoms with Crippen LogP contribution in [0.3, 0.4) is 0 Å². The predicted molar refractivity (Wildman–Crippen MR) is 108 cm³/mol. The Kier molecular flexibility index (Phi) is 9.95. The Balaban J connectivity index is 3.18. The molecule has 1 aromatic heterocycles. The topological polar surface area (TPSA) is 48.9 Å². The minimum atomic E-state index is -2.47. The van der Waals surface area contributed by atoms with Crippen LogP contribution in [0.25, 0.3) is 0 Å². The van der Waals surface area contributed by atoms with Crippen molar-refractivity contribution in [1.29, 1.82) is 0 Å². The summed E-state index contributed by atoms with van der Waals surface area (Å²) in [6.07, 6.45) is 9.36. The number of rotatable bonds is 13. The third kappa shape index (κ3) is 5.48. The molecule has 0 saturated carbocycles. The molecule has 0 amide bonds. The molecular formula is C20H40N2OSn. The summed E-state index contributed by atoms with van der Waals surface area (Å²) in [5.74, 6) is 0. The molecule has 0 saturated heterocycles. The molecule has 1 rings (SSSR count). The van der Waals surface area contributed by atoms with Gasteiger partial charge in [-0.15, -0.1) is 0 Å². The second kappa shape index (κ2) is 10.8. The van der Waals surface area contributed by atoms with E-state index in [-0.39, 0.29) is 0 Å². The summed E-state index contributed by atoms with van der Waals surface area (Å²) in [6, 6.07) is 2.27. The first kappa shape index (κ1) is 22.0. The Labute approximate surface area is 153 Å². The van der Waals surface area contributed by atoms with E-state index in [9.17, 15) is 5.11 Å². The van der Waals surface area contributed by atoms with Crippen LogP contribution < -0.4 is 3.71 Å². The monoisotopic (exact) mass is 444 g/mol. The fourth-order valence-electron chi connectivity index (χ4n) is 3.77. The van der Waals surface area contributed by atoms with Crippen molar-refractivity contribution in [3.05, 3.63) is 11.8 Å². The number of unbranched alkanes of at least 4 members (excludes halogenated alkanes) is 3. The SMILES string of the molecule is CCC[CH2][Sn]([CH2]CCC)([CH2]CCC)[c]1cc(C(O)(CC)CC)[nH]n1. The molecule has 0 aromatic carbocycles. The predicted octanol–water partition coefficient (Wildman–Crippen LogP) is 5.47. The molecule has 3 nitrogen and oxygen atoms in total. The molecule has 0 radical (unpaired) electrons. The van der Waals surface area contributed by atoms with Crippen LogP contribution in [0, 0.1) is 0 Å². The van der Waals surface area contributed by atoms with Crippen LogP contribution in [-0.4, -0.2) is 33.7 Å². The van der Waals surface area contributed by atoms with Gasteiger partial charge in [-0.3, -0.25) is 0 Å². The first-order valence-corrected chi connectivity index (χ1v) is 17.8. The standard InChI is InChI=1S/C8H13N2O.3C4H9.Sn/c1-3-8(11,4-2)7-5-6-9-10-7;3*1-3-4-2;/h5,11H,3-4H2,1-2H3,(H,9,10);3*1,3-4H2,2H3;. The van der Waals surface area contributed by atoms with Crippen molar-refractivity contribution in [2.45, 2.75) is 105 Å². The van der Waals surface area contributed by atoms with E-state index >= 15 is 0 Å². The maximum atomic E-state index is 10.9. The zero-order valence-electron chi connectivity index (χ0n) is 16.7. The molecule has 0 unspecified atom stereocenters. The normalized spacial score (nSPS) is 12.8. The second-order valence-electron chi connectivity index (χ2n) is 7.50. The van der Waals surface area contributed by atoms with Gasteiger partial charge < -0.3 is 0 Å². The Morgan fingerprint density at radius 1 is 0.917 bits per heavy atom. The van der Waals surface area contributed by atoms with E-state index in [2.05, 4.69) is 45.8 Å². The molecule has 0 aliphatic rings. The summed E-state index contributed by atoms with van der Waals surface area (Å²) >= 11 is -2.47. The van der Waals surface area contributed by atoms with E-state index < -0.39 is 24.0 Å². The molecule has 4 heteroatoms. The molecule has 140 valence electrons. The number of aromatic nitrogens is 2. The number of aliphatic hydroxyl groups is 1. The van der Waals surface area contributed by atoms with Gasteiger partial charge in [-0.05, 0) is 0 Å². The number of hydrogen-bond acceptors (Lipinski definition) is 2. The molecule has 0 spiro atoms. The van der Waals surface area contributed by atoms with Crippen molar-refractivity contribution in [3.8, 4) is 0 Å². The number of aromatic amines is 1. The van der Waals surface area contributed by atoms with E-state index in [0.717, 1.165) is 18.5 Å². The van der Waals surface area contributed by atoms with Gasteiger partial charge in [0, 0.05) is 0 Å². The van der Waals surface area contributed by atoms with Gasteiger partial charge >= 0.3 is 154 Å². The van der Waals surface area contributed by atoms with Crippen LogP contribution in [-0.2, 0) is 5.60 Å². The maximum absolute atomic E-state index is 10.9. The van der Waals surface area contributed by atoms with Gasteiger partial charge in [-0.25, -0.2) is 0 Å². The average Bonchev–Trinajstić information content (AvgIpc) is 3.12. The minimum absolute atomic E-state index is 0.733. The van der Waals surface area contributed by atoms with Gasteiger partial charge in [0.25, 0.3) is 0 Å². The van der Waals surface area contributed by atoms with Gasteiger partial charge in [0.05, 0.1) is 0 Å². The molecule has 1 aromatic rings. The number of H-pyrrole nitrogens is 1. The molecule has 0 aliphatic carbocycles. The number of hydrogen-bond donors (Lipinski definition) is 2. The van der Waals surface area contributed by atoms with Crippen molar-refractivity contribution in [3.63, 3.8) is 0 Å². The first-order valence-electron chi connectivity index (χ1n) is 10.3. The van der Waals surface area contributed by atoms with Gasteiger partial charge in [-0.1, -0.05) is 0 Å².